The minimum absolute atomic E-state index is 0.0225. The molecule has 0 radical (unpaired) electrons. The molecule has 0 unspecified atom stereocenters. The van der Waals surface area contributed by atoms with E-state index in [-0.39, 0.29) is 11.9 Å². The van der Waals surface area contributed by atoms with Gasteiger partial charge in [0.25, 0.3) is 0 Å². The Morgan fingerprint density at radius 2 is 2.50 bits per heavy atom. The summed E-state index contributed by atoms with van der Waals surface area (Å²) in [7, 11) is 0. The van der Waals surface area contributed by atoms with Crippen LogP contribution >= 0.6 is 11.6 Å². The monoisotopic (exact) mass is 188 g/mol. The van der Waals surface area contributed by atoms with E-state index in [1.165, 1.54) is 0 Å². The van der Waals surface area contributed by atoms with Crippen LogP contribution in [-0.4, -0.2) is 25.0 Å². The van der Waals surface area contributed by atoms with E-state index in [0.29, 0.717) is 11.6 Å². The number of carbonyl (C=O) groups excluding carboxylic acids is 1. The predicted octanol–water partition coefficient (Wildman–Crippen LogP) is 0.607. The van der Waals surface area contributed by atoms with Gasteiger partial charge < -0.3 is 10.6 Å². The Balaban J connectivity index is 2.23. The van der Waals surface area contributed by atoms with Gasteiger partial charge in [-0.1, -0.05) is 18.2 Å². The average molecular weight is 189 g/mol. The van der Waals surface area contributed by atoms with Crippen molar-refractivity contribution < 1.29 is 4.79 Å². The fourth-order valence-corrected chi connectivity index (χ4v) is 1.28. The zero-order chi connectivity index (χ0) is 8.97. The molecule has 0 saturated carbocycles. The summed E-state index contributed by atoms with van der Waals surface area (Å²) in [5, 5.41) is 6.25. The van der Waals surface area contributed by atoms with Crippen molar-refractivity contribution in [1.82, 2.24) is 10.6 Å². The molecule has 12 heavy (non-hydrogen) atoms. The van der Waals surface area contributed by atoms with Gasteiger partial charge in [-0.2, -0.15) is 0 Å². The maximum atomic E-state index is 11.3. The van der Waals surface area contributed by atoms with Gasteiger partial charge in [-0.15, -0.1) is 0 Å². The third-order valence-corrected chi connectivity index (χ3v) is 1.96. The first-order valence-electron chi connectivity index (χ1n) is 4.04. The number of nitrogens with one attached hydrogen (secondary N) is 2. The Labute approximate surface area is 77.2 Å². The lowest BCUT2D eigenvalue weighted by Gasteiger charge is -2.09. The second-order valence-corrected chi connectivity index (χ2v) is 3.42. The fraction of sp³-hybridized carbons (Fsp3) is 0.625. The van der Waals surface area contributed by atoms with Crippen molar-refractivity contribution >= 4 is 17.5 Å². The number of hydrogen-bond donors (Lipinski definition) is 2. The topological polar surface area (TPSA) is 41.1 Å². The molecule has 1 atom stereocenters. The predicted molar refractivity (Wildman–Crippen MR) is 49.0 cm³/mol. The second kappa shape index (κ2) is 4.48. The van der Waals surface area contributed by atoms with Crippen molar-refractivity contribution in [1.29, 1.82) is 0 Å². The van der Waals surface area contributed by atoms with Gasteiger partial charge in [-0.05, 0) is 19.4 Å². The summed E-state index contributed by atoms with van der Waals surface area (Å²) < 4.78 is 0. The lowest BCUT2D eigenvalue weighted by molar-refractivity contribution is -0.122. The quantitative estimate of drug-likeness (QED) is 0.682. The van der Waals surface area contributed by atoms with E-state index in [9.17, 15) is 4.79 Å². The molecule has 1 saturated heterocycles. The molecule has 1 heterocycles. The molecule has 1 rings (SSSR count). The van der Waals surface area contributed by atoms with Crippen LogP contribution in [0.25, 0.3) is 0 Å². The van der Waals surface area contributed by atoms with Gasteiger partial charge in [0.2, 0.25) is 5.91 Å². The van der Waals surface area contributed by atoms with Crippen LogP contribution in [0.4, 0.5) is 0 Å². The maximum absolute atomic E-state index is 11.3. The van der Waals surface area contributed by atoms with Crippen LogP contribution in [0.3, 0.4) is 0 Å². The van der Waals surface area contributed by atoms with Crippen molar-refractivity contribution in [2.75, 3.05) is 13.1 Å². The minimum Gasteiger partial charge on any atom is -0.350 e. The highest BCUT2D eigenvalue weighted by atomic mass is 35.5. The summed E-state index contributed by atoms with van der Waals surface area (Å²) in [6.45, 7) is 4.77. The molecule has 3 nitrogen and oxygen atoms in total. The smallest absolute Gasteiger partial charge is 0.237 e. The van der Waals surface area contributed by atoms with Crippen molar-refractivity contribution in [2.45, 2.75) is 18.9 Å². The summed E-state index contributed by atoms with van der Waals surface area (Å²) in [6.07, 6.45) is 1.99. The van der Waals surface area contributed by atoms with Crippen molar-refractivity contribution in [3.8, 4) is 0 Å². The first-order chi connectivity index (χ1) is 5.70. The van der Waals surface area contributed by atoms with E-state index >= 15 is 0 Å². The lowest BCUT2D eigenvalue weighted by Crippen LogP contribution is -2.40. The van der Waals surface area contributed by atoms with Gasteiger partial charge in [-0.25, -0.2) is 0 Å². The molecule has 1 fully saturated rings. The van der Waals surface area contributed by atoms with E-state index in [0.717, 1.165) is 19.4 Å². The molecular formula is C8H13ClN2O. The molecule has 0 aliphatic carbocycles. The van der Waals surface area contributed by atoms with Crippen LogP contribution in [-0.2, 0) is 4.79 Å². The largest absolute Gasteiger partial charge is 0.350 e. The Morgan fingerprint density at radius 1 is 1.75 bits per heavy atom. The standard InChI is InChI=1S/C8H13ClN2O/c1-6(9)5-11-8(12)7-3-2-4-10-7/h7,10H,1-5H2,(H,11,12)/t7-/m1/s1. The molecule has 1 aliphatic heterocycles. The highest BCUT2D eigenvalue weighted by Crippen LogP contribution is 2.04. The van der Waals surface area contributed by atoms with Crippen LogP contribution in [0.5, 0.6) is 0 Å². The summed E-state index contributed by atoms with van der Waals surface area (Å²) in [4.78, 5) is 11.3. The number of hydrogen-bond acceptors (Lipinski definition) is 2. The first-order valence-corrected chi connectivity index (χ1v) is 4.42. The van der Waals surface area contributed by atoms with Crippen LogP contribution in [0.1, 0.15) is 12.8 Å². The first kappa shape index (κ1) is 9.55. The highest BCUT2D eigenvalue weighted by molar-refractivity contribution is 6.29. The lowest BCUT2D eigenvalue weighted by atomic mass is 10.2. The molecule has 0 bridgehead atoms. The molecule has 0 aromatic rings. The van der Waals surface area contributed by atoms with Crippen molar-refractivity contribution in [3.05, 3.63) is 11.6 Å². The fourth-order valence-electron chi connectivity index (χ4n) is 1.21. The molecule has 1 aliphatic rings. The van der Waals surface area contributed by atoms with E-state index in [4.69, 9.17) is 11.6 Å². The Hall–Kier alpha value is -0.540. The molecule has 0 spiro atoms. The average Bonchev–Trinajstić information content (AvgIpc) is 2.51. The van der Waals surface area contributed by atoms with Gasteiger partial charge in [-0.3, -0.25) is 4.79 Å². The summed E-state index contributed by atoms with van der Waals surface area (Å²) in [5.41, 5.74) is 0. The third kappa shape index (κ3) is 2.83. The van der Waals surface area contributed by atoms with Gasteiger partial charge in [0.05, 0.1) is 12.6 Å². The summed E-state index contributed by atoms with van der Waals surface area (Å²) in [6, 6.07) is -0.0268. The van der Waals surface area contributed by atoms with Crippen molar-refractivity contribution in [2.24, 2.45) is 0 Å². The maximum Gasteiger partial charge on any atom is 0.237 e. The molecule has 0 aromatic heterocycles. The van der Waals surface area contributed by atoms with Crippen LogP contribution in [0, 0.1) is 0 Å². The zero-order valence-electron chi connectivity index (χ0n) is 6.90. The van der Waals surface area contributed by atoms with E-state index < -0.39 is 0 Å². The highest BCUT2D eigenvalue weighted by Gasteiger charge is 2.21. The Morgan fingerprint density at radius 3 is 3.00 bits per heavy atom. The van der Waals surface area contributed by atoms with Gasteiger partial charge >= 0.3 is 0 Å². The Kier molecular flexibility index (Phi) is 3.56. The van der Waals surface area contributed by atoms with Crippen LogP contribution in [0.15, 0.2) is 11.6 Å². The zero-order valence-corrected chi connectivity index (χ0v) is 7.66. The molecule has 1 amide bonds. The van der Waals surface area contributed by atoms with Gasteiger partial charge in [0.15, 0.2) is 0 Å². The van der Waals surface area contributed by atoms with E-state index in [2.05, 4.69) is 17.2 Å². The van der Waals surface area contributed by atoms with E-state index in [1.807, 2.05) is 0 Å². The Bertz CT molecular complexity index is 187. The number of amides is 1. The minimum atomic E-state index is -0.0268. The SMILES string of the molecule is C=C(Cl)CNC(=O)[C@H]1CCCN1. The number of carbonyl (C=O) groups is 1. The molecule has 68 valence electrons. The number of rotatable bonds is 3. The normalized spacial score (nSPS) is 22.2. The second-order valence-electron chi connectivity index (χ2n) is 2.88. The number of halogens is 1. The van der Waals surface area contributed by atoms with Crippen LogP contribution < -0.4 is 10.6 Å². The van der Waals surface area contributed by atoms with E-state index in [1.54, 1.807) is 0 Å². The van der Waals surface area contributed by atoms with Crippen molar-refractivity contribution in [3.63, 3.8) is 0 Å². The molecule has 0 aromatic carbocycles. The van der Waals surface area contributed by atoms with Crippen LogP contribution in [0.2, 0.25) is 0 Å². The third-order valence-electron chi connectivity index (χ3n) is 1.83. The molecule has 4 heteroatoms. The van der Waals surface area contributed by atoms with Gasteiger partial charge in [0.1, 0.15) is 0 Å². The summed E-state index contributed by atoms with van der Waals surface area (Å²) in [5.74, 6) is 0.0225. The van der Waals surface area contributed by atoms with Gasteiger partial charge in [0, 0.05) is 5.03 Å². The molecular weight excluding hydrogens is 176 g/mol. The molecule has 2 N–H and O–H groups in total. The summed E-state index contributed by atoms with van der Waals surface area (Å²) >= 11 is 5.50.